The Balaban J connectivity index is 2.76. The third kappa shape index (κ3) is 3.56. The van der Waals surface area contributed by atoms with Gasteiger partial charge in [-0.05, 0) is 24.6 Å². The minimum atomic E-state index is -1.05. The van der Waals surface area contributed by atoms with Gasteiger partial charge in [0.1, 0.15) is 0 Å². The van der Waals surface area contributed by atoms with Crippen LogP contribution in [0.2, 0.25) is 0 Å². The Hall–Kier alpha value is -1.89. The highest BCUT2D eigenvalue weighted by molar-refractivity contribution is 5.94. The maximum absolute atomic E-state index is 12.9. The maximum atomic E-state index is 12.9. The van der Waals surface area contributed by atoms with Crippen molar-refractivity contribution in [3.8, 4) is 12.3 Å². The van der Waals surface area contributed by atoms with Crippen LogP contribution in [-0.4, -0.2) is 11.9 Å². The quantitative estimate of drug-likeness (QED) is 0.801. The molecule has 0 aliphatic rings. The molecule has 0 heterocycles. The lowest BCUT2D eigenvalue weighted by atomic mass is 10.1. The number of rotatable bonds is 4. The van der Waals surface area contributed by atoms with Gasteiger partial charge in [0, 0.05) is 5.56 Å². The topological polar surface area (TPSA) is 29.1 Å². The number of amides is 1. The number of carbonyl (C=O) groups is 1. The lowest BCUT2D eigenvalue weighted by molar-refractivity contribution is 0.0943. The van der Waals surface area contributed by atoms with E-state index in [9.17, 15) is 13.6 Å². The molecule has 1 N–H and O–H groups in total. The number of halogens is 2. The minimum Gasteiger partial charge on any atom is -0.338 e. The van der Waals surface area contributed by atoms with Crippen LogP contribution >= 0.6 is 0 Å². The summed E-state index contributed by atoms with van der Waals surface area (Å²) in [7, 11) is 0. The normalized spacial score (nSPS) is 11.6. The predicted octanol–water partition coefficient (Wildman–Crippen LogP) is 2.50. The van der Waals surface area contributed by atoms with Crippen LogP contribution in [0.3, 0.4) is 0 Å². The lowest BCUT2D eigenvalue weighted by Gasteiger charge is -2.11. The first-order valence-corrected chi connectivity index (χ1v) is 5.30. The summed E-state index contributed by atoms with van der Waals surface area (Å²) < 4.78 is 25.6. The summed E-state index contributed by atoms with van der Waals surface area (Å²) in [5.41, 5.74) is 0.0558. The van der Waals surface area contributed by atoms with E-state index in [2.05, 4.69) is 11.2 Å². The fourth-order valence-corrected chi connectivity index (χ4v) is 1.36. The minimum absolute atomic E-state index is 0.0558. The first-order chi connectivity index (χ1) is 8.08. The van der Waals surface area contributed by atoms with Gasteiger partial charge in [0.2, 0.25) is 0 Å². The first-order valence-electron chi connectivity index (χ1n) is 5.30. The molecule has 0 aliphatic carbocycles. The molecule has 0 fully saturated rings. The summed E-state index contributed by atoms with van der Waals surface area (Å²) in [6, 6.07) is 2.59. The van der Waals surface area contributed by atoms with Crippen molar-refractivity contribution in [3.05, 3.63) is 35.4 Å². The van der Waals surface area contributed by atoms with Gasteiger partial charge in [0.05, 0.1) is 6.04 Å². The van der Waals surface area contributed by atoms with Crippen LogP contribution in [0.15, 0.2) is 18.2 Å². The van der Waals surface area contributed by atoms with Gasteiger partial charge in [0.25, 0.3) is 5.91 Å². The van der Waals surface area contributed by atoms with Crippen molar-refractivity contribution in [1.82, 2.24) is 5.32 Å². The van der Waals surface area contributed by atoms with Crippen molar-refractivity contribution < 1.29 is 13.6 Å². The monoisotopic (exact) mass is 237 g/mol. The largest absolute Gasteiger partial charge is 0.338 e. The Labute approximate surface area is 99.0 Å². The van der Waals surface area contributed by atoms with E-state index in [0.717, 1.165) is 18.6 Å². The van der Waals surface area contributed by atoms with Crippen molar-refractivity contribution in [3.63, 3.8) is 0 Å². The fourth-order valence-electron chi connectivity index (χ4n) is 1.36. The Morgan fingerprint density at radius 2 is 2.18 bits per heavy atom. The van der Waals surface area contributed by atoms with E-state index >= 15 is 0 Å². The Kier molecular flexibility index (Phi) is 4.65. The molecular weight excluding hydrogens is 224 g/mol. The highest BCUT2D eigenvalue weighted by Gasteiger charge is 2.12. The van der Waals surface area contributed by atoms with E-state index in [1.165, 1.54) is 6.07 Å². The van der Waals surface area contributed by atoms with Crippen LogP contribution < -0.4 is 5.32 Å². The summed E-state index contributed by atoms with van der Waals surface area (Å²) >= 11 is 0. The molecule has 0 spiro atoms. The van der Waals surface area contributed by atoms with E-state index in [1.54, 1.807) is 0 Å². The van der Waals surface area contributed by atoms with Crippen molar-refractivity contribution in [1.29, 1.82) is 0 Å². The van der Waals surface area contributed by atoms with Gasteiger partial charge in [-0.2, -0.15) is 0 Å². The smallest absolute Gasteiger partial charge is 0.252 e. The van der Waals surface area contributed by atoms with Crippen molar-refractivity contribution in [2.45, 2.75) is 25.8 Å². The Morgan fingerprint density at radius 3 is 2.71 bits per heavy atom. The van der Waals surface area contributed by atoms with Crippen LogP contribution in [0.5, 0.6) is 0 Å². The summed E-state index contributed by atoms with van der Waals surface area (Å²) in [4.78, 5) is 11.7. The number of terminal acetylenes is 1. The highest BCUT2D eigenvalue weighted by Crippen LogP contribution is 2.09. The van der Waals surface area contributed by atoms with Crippen LogP contribution in [0.4, 0.5) is 8.78 Å². The molecule has 1 unspecified atom stereocenters. The predicted molar refractivity (Wildman–Crippen MR) is 61.4 cm³/mol. The summed E-state index contributed by atoms with van der Waals surface area (Å²) in [5.74, 6) is -0.103. The fraction of sp³-hybridized carbons (Fsp3) is 0.308. The second kappa shape index (κ2) is 6.00. The van der Waals surface area contributed by atoms with Crippen LogP contribution in [-0.2, 0) is 0 Å². The molecule has 0 aliphatic heterocycles. The molecule has 17 heavy (non-hydrogen) atoms. The van der Waals surface area contributed by atoms with Crippen LogP contribution in [0.1, 0.15) is 30.1 Å². The SMILES string of the molecule is C#CC(CCC)NC(=O)c1ccc(F)c(F)c1. The van der Waals surface area contributed by atoms with Crippen LogP contribution in [0, 0.1) is 24.0 Å². The summed E-state index contributed by atoms with van der Waals surface area (Å²) in [6.07, 6.45) is 6.71. The molecule has 0 aromatic heterocycles. The van der Waals surface area contributed by atoms with E-state index in [4.69, 9.17) is 6.42 Å². The standard InChI is InChI=1S/C13H13F2NO/c1-3-5-10(4-2)16-13(17)9-6-7-11(14)12(15)8-9/h2,6-8,10H,3,5H2,1H3,(H,16,17). The second-order valence-electron chi connectivity index (χ2n) is 3.61. The third-order valence-corrected chi connectivity index (χ3v) is 2.27. The average Bonchev–Trinajstić information content (AvgIpc) is 2.31. The molecule has 0 saturated heterocycles. The number of hydrogen-bond donors (Lipinski definition) is 1. The summed E-state index contributed by atoms with van der Waals surface area (Å²) in [5, 5.41) is 2.57. The molecule has 2 nitrogen and oxygen atoms in total. The number of carbonyl (C=O) groups excluding carboxylic acids is 1. The maximum Gasteiger partial charge on any atom is 0.252 e. The van der Waals surface area contributed by atoms with E-state index in [0.29, 0.717) is 6.42 Å². The highest BCUT2D eigenvalue weighted by atomic mass is 19.2. The number of nitrogens with one attached hydrogen (secondary N) is 1. The zero-order valence-electron chi connectivity index (χ0n) is 9.47. The molecule has 90 valence electrons. The zero-order chi connectivity index (χ0) is 12.8. The molecular formula is C13H13F2NO. The van der Waals surface area contributed by atoms with Gasteiger partial charge in [-0.25, -0.2) is 8.78 Å². The van der Waals surface area contributed by atoms with Crippen molar-refractivity contribution >= 4 is 5.91 Å². The molecule has 1 rings (SSSR count). The van der Waals surface area contributed by atoms with Crippen molar-refractivity contribution in [2.75, 3.05) is 0 Å². The van der Waals surface area contributed by atoms with Gasteiger partial charge in [-0.3, -0.25) is 4.79 Å². The zero-order valence-corrected chi connectivity index (χ0v) is 9.47. The van der Waals surface area contributed by atoms with Crippen molar-refractivity contribution in [2.24, 2.45) is 0 Å². The number of benzene rings is 1. The van der Waals surface area contributed by atoms with Gasteiger partial charge in [-0.1, -0.05) is 19.3 Å². The Bertz CT molecular complexity index is 451. The van der Waals surface area contributed by atoms with E-state index in [-0.39, 0.29) is 11.6 Å². The lowest BCUT2D eigenvalue weighted by Crippen LogP contribution is -2.33. The van der Waals surface area contributed by atoms with E-state index < -0.39 is 17.5 Å². The van der Waals surface area contributed by atoms with Gasteiger partial charge < -0.3 is 5.32 Å². The average molecular weight is 237 g/mol. The van der Waals surface area contributed by atoms with Crippen LogP contribution in [0.25, 0.3) is 0 Å². The third-order valence-electron chi connectivity index (χ3n) is 2.27. The molecule has 4 heteroatoms. The first kappa shape index (κ1) is 13.2. The van der Waals surface area contributed by atoms with E-state index in [1.807, 2.05) is 6.92 Å². The Morgan fingerprint density at radius 1 is 1.47 bits per heavy atom. The molecule has 1 aromatic rings. The molecule has 1 aromatic carbocycles. The van der Waals surface area contributed by atoms with Gasteiger partial charge in [0.15, 0.2) is 11.6 Å². The molecule has 1 amide bonds. The summed E-state index contributed by atoms with van der Waals surface area (Å²) in [6.45, 7) is 1.94. The molecule has 1 atom stereocenters. The second-order valence-corrected chi connectivity index (χ2v) is 3.61. The van der Waals surface area contributed by atoms with Gasteiger partial charge >= 0.3 is 0 Å². The molecule has 0 radical (unpaired) electrons. The number of hydrogen-bond acceptors (Lipinski definition) is 1. The molecule has 0 saturated carbocycles. The molecule has 0 bridgehead atoms. The van der Waals surface area contributed by atoms with Gasteiger partial charge in [-0.15, -0.1) is 6.42 Å².